The lowest BCUT2D eigenvalue weighted by molar-refractivity contribution is 0.184. The predicted molar refractivity (Wildman–Crippen MR) is 61.2 cm³/mol. The number of benzene rings is 1. The van der Waals surface area contributed by atoms with Gasteiger partial charge in [0.05, 0.1) is 19.4 Å². The van der Waals surface area contributed by atoms with E-state index in [1.807, 2.05) is 25.1 Å². The summed E-state index contributed by atoms with van der Waals surface area (Å²) < 4.78 is 11.9. The van der Waals surface area contributed by atoms with Gasteiger partial charge in [-0.25, -0.2) is 0 Å². The van der Waals surface area contributed by atoms with Crippen molar-refractivity contribution in [3.05, 3.63) is 29.3 Å². The van der Waals surface area contributed by atoms with E-state index in [0.29, 0.717) is 12.6 Å². The van der Waals surface area contributed by atoms with Crippen molar-refractivity contribution in [3.63, 3.8) is 0 Å². The van der Waals surface area contributed by atoms with E-state index in [9.17, 15) is 0 Å². The summed E-state index contributed by atoms with van der Waals surface area (Å²) in [5, 5.41) is 11.3. The summed E-state index contributed by atoms with van der Waals surface area (Å²) in [6, 6.07) is 6.26. The van der Waals surface area contributed by atoms with E-state index in [4.69, 9.17) is 9.47 Å². The number of hydrogen-bond donors (Lipinski definition) is 0. The van der Waals surface area contributed by atoms with Gasteiger partial charge in [0.25, 0.3) is 0 Å². The molecule has 1 heterocycles. The summed E-state index contributed by atoms with van der Waals surface area (Å²) in [5.74, 6) is 0. The molecule has 1 aromatic heterocycles. The summed E-state index contributed by atoms with van der Waals surface area (Å²) >= 11 is 0. The van der Waals surface area contributed by atoms with E-state index in [-0.39, 0.29) is 0 Å². The number of methoxy groups -OCH3 is 2. The van der Waals surface area contributed by atoms with Gasteiger partial charge in [-0.1, -0.05) is 17.2 Å². The van der Waals surface area contributed by atoms with Crippen LogP contribution in [0.25, 0.3) is 5.69 Å². The standard InChI is InChI=1S/C11H14N4O2/c1-8-5-4-6-10(9(8)7-16-2)15-11(17-3)12-13-14-15/h4-6H,7H2,1-3H3. The Balaban J connectivity index is 2.55. The van der Waals surface area contributed by atoms with Crippen molar-refractivity contribution in [2.75, 3.05) is 14.2 Å². The number of rotatable bonds is 4. The van der Waals surface area contributed by atoms with Gasteiger partial charge in [-0.15, -0.1) is 0 Å². The first kappa shape index (κ1) is 11.5. The summed E-state index contributed by atoms with van der Waals surface area (Å²) in [6.45, 7) is 2.53. The van der Waals surface area contributed by atoms with E-state index in [1.165, 1.54) is 7.11 Å². The molecule has 0 fully saturated rings. The Bertz CT molecular complexity index is 510. The fourth-order valence-electron chi connectivity index (χ4n) is 1.67. The zero-order valence-corrected chi connectivity index (χ0v) is 10.0. The molecule has 0 amide bonds. The third-order valence-corrected chi connectivity index (χ3v) is 2.53. The van der Waals surface area contributed by atoms with Crippen LogP contribution in [-0.4, -0.2) is 34.4 Å². The molecule has 2 rings (SSSR count). The normalized spacial score (nSPS) is 10.5. The Morgan fingerprint density at radius 3 is 2.82 bits per heavy atom. The van der Waals surface area contributed by atoms with Crippen LogP contribution < -0.4 is 4.74 Å². The van der Waals surface area contributed by atoms with Crippen LogP contribution in [-0.2, 0) is 11.3 Å². The minimum atomic E-state index is 0.355. The van der Waals surface area contributed by atoms with Crippen LogP contribution in [0.4, 0.5) is 0 Å². The lowest BCUT2D eigenvalue weighted by atomic mass is 10.1. The molecule has 0 saturated carbocycles. The Kier molecular flexibility index (Phi) is 3.34. The Labute approximate surface area is 99.2 Å². The van der Waals surface area contributed by atoms with Gasteiger partial charge in [0.15, 0.2) is 0 Å². The van der Waals surface area contributed by atoms with Gasteiger partial charge < -0.3 is 9.47 Å². The van der Waals surface area contributed by atoms with Crippen LogP contribution in [0.15, 0.2) is 18.2 Å². The number of nitrogens with zero attached hydrogens (tertiary/aromatic N) is 4. The van der Waals surface area contributed by atoms with Crippen molar-refractivity contribution in [1.29, 1.82) is 0 Å². The second-order valence-electron chi connectivity index (χ2n) is 3.58. The van der Waals surface area contributed by atoms with E-state index >= 15 is 0 Å². The fraction of sp³-hybridized carbons (Fsp3) is 0.364. The molecule has 0 N–H and O–H groups in total. The van der Waals surface area contributed by atoms with Gasteiger partial charge in [-0.2, -0.15) is 4.68 Å². The molecule has 90 valence electrons. The monoisotopic (exact) mass is 234 g/mol. The Morgan fingerprint density at radius 1 is 1.29 bits per heavy atom. The van der Waals surface area contributed by atoms with E-state index in [2.05, 4.69) is 15.5 Å². The van der Waals surface area contributed by atoms with Gasteiger partial charge in [0.2, 0.25) is 0 Å². The molecule has 0 unspecified atom stereocenters. The van der Waals surface area contributed by atoms with Crippen molar-refractivity contribution in [2.45, 2.75) is 13.5 Å². The highest BCUT2D eigenvalue weighted by Gasteiger charge is 2.13. The summed E-state index contributed by atoms with van der Waals surface area (Å²) in [7, 11) is 3.20. The minimum Gasteiger partial charge on any atom is -0.466 e. The molecule has 0 spiro atoms. The first-order chi connectivity index (χ1) is 8.27. The highest BCUT2D eigenvalue weighted by molar-refractivity contribution is 5.45. The largest absolute Gasteiger partial charge is 0.466 e. The van der Waals surface area contributed by atoms with Gasteiger partial charge in [-0.05, 0) is 29.0 Å². The molecule has 0 aliphatic heterocycles. The highest BCUT2D eigenvalue weighted by atomic mass is 16.5. The molecular formula is C11H14N4O2. The lowest BCUT2D eigenvalue weighted by Crippen LogP contribution is -2.06. The van der Waals surface area contributed by atoms with Crippen LogP contribution in [0.1, 0.15) is 11.1 Å². The van der Waals surface area contributed by atoms with Gasteiger partial charge in [0, 0.05) is 12.7 Å². The summed E-state index contributed by atoms with van der Waals surface area (Å²) in [6.07, 6.45) is 0. The van der Waals surface area contributed by atoms with Crippen molar-refractivity contribution < 1.29 is 9.47 Å². The summed E-state index contributed by atoms with van der Waals surface area (Å²) in [4.78, 5) is 0. The van der Waals surface area contributed by atoms with Crippen LogP contribution in [0, 0.1) is 6.92 Å². The smallest absolute Gasteiger partial charge is 0.340 e. The van der Waals surface area contributed by atoms with E-state index < -0.39 is 0 Å². The van der Waals surface area contributed by atoms with E-state index in [1.54, 1.807) is 11.8 Å². The lowest BCUT2D eigenvalue weighted by Gasteiger charge is -2.11. The Hall–Kier alpha value is -1.95. The minimum absolute atomic E-state index is 0.355. The molecule has 1 aromatic carbocycles. The number of ether oxygens (including phenoxy) is 2. The third-order valence-electron chi connectivity index (χ3n) is 2.53. The number of aromatic nitrogens is 4. The predicted octanol–water partition coefficient (Wildman–Crippen LogP) is 1.13. The molecule has 6 nitrogen and oxygen atoms in total. The van der Waals surface area contributed by atoms with Crippen molar-refractivity contribution >= 4 is 0 Å². The zero-order valence-electron chi connectivity index (χ0n) is 10.0. The number of tetrazole rings is 1. The quantitative estimate of drug-likeness (QED) is 0.793. The number of hydrogen-bond acceptors (Lipinski definition) is 5. The molecule has 0 aliphatic rings. The second-order valence-corrected chi connectivity index (χ2v) is 3.58. The molecular weight excluding hydrogens is 220 g/mol. The maximum Gasteiger partial charge on any atom is 0.340 e. The molecule has 0 saturated heterocycles. The summed E-state index contributed by atoms with van der Waals surface area (Å²) in [5.41, 5.74) is 3.04. The molecule has 2 aromatic rings. The zero-order chi connectivity index (χ0) is 12.3. The van der Waals surface area contributed by atoms with E-state index in [0.717, 1.165) is 16.8 Å². The second kappa shape index (κ2) is 4.92. The molecule has 0 aliphatic carbocycles. The van der Waals surface area contributed by atoms with Gasteiger partial charge >= 0.3 is 6.01 Å². The molecule has 0 radical (unpaired) electrons. The molecule has 0 bridgehead atoms. The topological polar surface area (TPSA) is 62.1 Å². The van der Waals surface area contributed by atoms with Crippen molar-refractivity contribution in [3.8, 4) is 11.7 Å². The van der Waals surface area contributed by atoms with Crippen LogP contribution >= 0.6 is 0 Å². The van der Waals surface area contributed by atoms with Gasteiger partial charge in [0.1, 0.15) is 0 Å². The first-order valence-corrected chi connectivity index (χ1v) is 5.18. The molecule has 0 atom stereocenters. The highest BCUT2D eigenvalue weighted by Crippen LogP contribution is 2.21. The first-order valence-electron chi connectivity index (χ1n) is 5.18. The Morgan fingerprint density at radius 2 is 2.12 bits per heavy atom. The average molecular weight is 234 g/mol. The van der Waals surface area contributed by atoms with Gasteiger partial charge in [-0.3, -0.25) is 0 Å². The SMILES string of the molecule is COCc1c(C)cccc1-n1nnnc1OC. The van der Waals surface area contributed by atoms with Crippen LogP contribution in [0.2, 0.25) is 0 Å². The van der Waals surface area contributed by atoms with Crippen LogP contribution in [0.3, 0.4) is 0 Å². The molecule has 17 heavy (non-hydrogen) atoms. The van der Waals surface area contributed by atoms with Crippen LogP contribution in [0.5, 0.6) is 6.01 Å². The van der Waals surface area contributed by atoms with Crippen molar-refractivity contribution in [1.82, 2.24) is 20.2 Å². The maximum absolute atomic E-state index is 5.20. The number of aryl methyl sites for hydroxylation is 1. The van der Waals surface area contributed by atoms with Crippen molar-refractivity contribution in [2.24, 2.45) is 0 Å². The molecule has 6 heteroatoms. The average Bonchev–Trinajstić information content (AvgIpc) is 2.80. The maximum atomic E-state index is 5.20. The fourth-order valence-corrected chi connectivity index (χ4v) is 1.67. The third kappa shape index (κ3) is 2.12.